The van der Waals surface area contributed by atoms with Crippen LogP contribution in [0.5, 0.6) is 0 Å². The summed E-state index contributed by atoms with van der Waals surface area (Å²) in [6, 6.07) is 0.0769. The van der Waals surface area contributed by atoms with E-state index < -0.39 is 5.79 Å². The molecule has 25 heavy (non-hydrogen) atoms. The zero-order valence-corrected chi connectivity index (χ0v) is 17.5. The summed E-state index contributed by atoms with van der Waals surface area (Å²) in [4.78, 5) is 0. The molecular formula is C19H40N2O4. The second-order valence-corrected chi connectivity index (χ2v) is 7.81. The zero-order valence-electron chi connectivity index (χ0n) is 17.5. The van der Waals surface area contributed by atoms with Gasteiger partial charge in [0.1, 0.15) is 12.2 Å². The lowest BCUT2D eigenvalue weighted by Gasteiger charge is -2.35. The molecule has 1 heterocycles. The summed E-state index contributed by atoms with van der Waals surface area (Å²) in [5.74, 6) is -0.699. The fourth-order valence-corrected chi connectivity index (χ4v) is 2.97. The van der Waals surface area contributed by atoms with Crippen molar-refractivity contribution < 1.29 is 18.9 Å². The highest BCUT2D eigenvalue weighted by atomic mass is 16.8. The molecule has 1 saturated heterocycles. The molecule has 0 amide bonds. The fourth-order valence-electron chi connectivity index (χ4n) is 2.97. The molecule has 0 spiro atoms. The number of hydrazine groups is 1. The van der Waals surface area contributed by atoms with Crippen molar-refractivity contribution in [3.8, 4) is 0 Å². The maximum atomic E-state index is 6.39. The molecule has 0 aromatic carbocycles. The third-order valence-corrected chi connectivity index (χ3v) is 4.27. The van der Waals surface area contributed by atoms with E-state index in [0.717, 1.165) is 19.3 Å². The van der Waals surface area contributed by atoms with Gasteiger partial charge in [-0.05, 0) is 41.0 Å². The highest BCUT2D eigenvalue weighted by molar-refractivity contribution is 4.91. The van der Waals surface area contributed by atoms with Crippen molar-refractivity contribution in [2.24, 2.45) is 0 Å². The van der Waals surface area contributed by atoms with Crippen LogP contribution in [0.15, 0.2) is 0 Å². The van der Waals surface area contributed by atoms with Crippen LogP contribution in [0.1, 0.15) is 60.8 Å². The van der Waals surface area contributed by atoms with Crippen molar-refractivity contribution in [1.82, 2.24) is 10.4 Å². The predicted octanol–water partition coefficient (Wildman–Crippen LogP) is 2.96. The molecule has 0 aromatic heterocycles. The van der Waals surface area contributed by atoms with Crippen LogP contribution in [0.3, 0.4) is 0 Å². The molecule has 1 fully saturated rings. The Morgan fingerprint density at radius 2 is 1.48 bits per heavy atom. The maximum Gasteiger partial charge on any atom is 0.183 e. The first-order valence-electron chi connectivity index (χ1n) is 9.70. The van der Waals surface area contributed by atoms with E-state index in [1.54, 1.807) is 0 Å². The lowest BCUT2D eigenvalue weighted by Crippen LogP contribution is -2.54. The number of rotatable bonds is 12. The van der Waals surface area contributed by atoms with Gasteiger partial charge in [0, 0.05) is 14.1 Å². The molecule has 0 radical (unpaired) electrons. The number of nitrogens with zero attached hydrogens (tertiary/aromatic N) is 1. The average molecular weight is 361 g/mol. The molecule has 6 nitrogen and oxygen atoms in total. The smallest absolute Gasteiger partial charge is 0.183 e. The van der Waals surface area contributed by atoms with Gasteiger partial charge in [-0.1, -0.05) is 19.8 Å². The highest BCUT2D eigenvalue weighted by Gasteiger charge is 2.49. The Kier molecular flexibility index (Phi) is 9.85. The van der Waals surface area contributed by atoms with Crippen LogP contribution in [0.4, 0.5) is 0 Å². The summed E-state index contributed by atoms with van der Waals surface area (Å²) in [6.45, 7) is 13.4. The van der Waals surface area contributed by atoms with E-state index in [4.69, 9.17) is 18.9 Å². The topological polar surface area (TPSA) is 52.2 Å². The number of hydrogen-bond donors (Lipinski definition) is 1. The molecule has 0 aliphatic carbocycles. The average Bonchev–Trinajstić information content (AvgIpc) is 2.84. The van der Waals surface area contributed by atoms with Crippen molar-refractivity contribution >= 4 is 0 Å². The van der Waals surface area contributed by atoms with Crippen LogP contribution < -0.4 is 5.43 Å². The molecule has 1 aliphatic heterocycles. The van der Waals surface area contributed by atoms with E-state index in [2.05, 4.69) is 12.3 Å². The molecule has 0 saturated carbocycles. The summed E-state index contributed by atoms with van der Waals surface area (Å²) >= 11 is 0. The van der Waals surface area contributed by atoms with Crippen molar-refractivity contribution in [2.75, 3.05) is 27.3 Å². The van der Waals surface area contributed by atoms with Gasteiger partial charge in [0.2, 0.25) is 0 Å². The standard InChI is InChI=1S/C19H40N2O4/c1-9-10-11-18(20-21(7)8)19(6)24-16(12-22-14(2)3)17(25-19)13-23-15(4)5/h14-18,20H,9-13H2,1-8H3/t16-,17-,18-/m0/s1. The molecule has 0 aromatic rings. The first kappa shape index (κ1) is 22.8. The Morgan fingerprint density at radius 1 is 1.00 bits per heavy atom. The van der Waals surface area contributed by atoms with Crippen molar-refractivity contribution in [3.63, 3.8) is 0 Å². The minimum atomic E-state index is -0.699. The molecule has 150 valence electrons. The fraction of sp³-hybridized carbons (Fsp3) is 1.00. The molecule has 1 rings (SSSR count). The van der Waals surface area contributed by atoms with Crippen LogP contribution in [0, 0.1) is 0 Å². The summed E-state index contributed by atoms with van der Waals surface area (Å²) < 4.78 is 24.4. The van der Waals surface area contributed by atoms with Crippen LogP contribution >= 0.6 is 0 Å². The first-order valence-corrected chi connectivity index (χ1v) is 9.70. The van der Waals surface area contributed by atoms with Crippen LogP contribution in [0.25, 0.3) is 0 Å². The number of unbranched alkanes of at least 4 members (excludes halogenated alkanes) is 1. The first-order chi connectivity index (χ1) is 11.7. The van der Waals surface area contributed by atoms with Crippen molar-refractivity contribution in [2.45, 2.75) is 97.0 Å². The minimum absolute atomic E-state index is 0.0769. The SMILES string of the molecule is CCCC[C@H](NN(C)C)C1(C)O[C@@H](COC(C)C)[C@H](COC(C)C)O1. The van der Waals surface area contributed by atoms with Crippen LogP contribution in [0.2, 0.25) is 0 Å². The van der Waals surface area contributed by atoms with E-state index in [1.165, 1.54) is 0 Å². The number of ether oxygens (including phenoxy) is 4. The number of nitrogens with one attached hydrogen (secondary N) is 1. The summed E-state index contributed by atoms with van der Waals surface area (Å²) in [5.41, 5.74) is 3.47. The quantitative estimate of drug-likeness (QED) is 0.540. The van der Waals surface area contributed by atoms with Crippen molar-refractivity contribution in [3.05, 3.63) is 0 Å². The van der Waals surface area contributed by atoms with E-state index >= 15 is 0 Å². The van der Waals surface area contributed by atoms with Gasteiger partial charge in [0.25, 0.3) is 0 Å². The Balaban J connectivity index is 2.83. The van der Waals surface area contributed by atoms with Crippen LogP contribution in [-0.4, -0.2) is 68.6 Å². The highest BCUT2D eigenvalue weighted by Crippen LogP contribution is 2.34. The van der Waals surface area contributed by atoms with Crippen LogP contribution in [-0.2, 0) is 18.9 Å². The molecule has 0 unspecified atom stereocenters. The van der Waals surface area contributed by atoms with E-state index in [-0.39, 0.29) is 30.5 Å². The van der Waals surface area contributed by atoms with Gasteiger partial charge in [-0.15, -0.1) is 0 Å². The zero-order chi connectivity index (χ0) is 19.0. The molecule has 0 bridgehead atoms. The van der Waals surface area contributed by atoms with E-state index in [9.17, 15) is 0 Å². The monoisotopic (exact) mass is 360 g/mol. The molecular weight excluding hydrogens is 320 g/mol. The predicted molar refractivity (Wildman–Crippen MR) is 100 cm³/mol. The molecule has 6 heteroatoms. The van der Waals surface area contributed by atoms with Gasteiger partial charge in [-0.2, -0.15) is 0 Å². The minimum Gasteiger partial charge on any atom is -0.376 e. The Labute approximate surface area is 154 Å². The molecule has 1 N–H and O–H groups in total. The summed E-state index contributed by atoms with van der Waals surface area (Å²) in [7, 11) is 3.99. The Bertz CT molecular complexity index is 343. The van der Waals surface area contributed by atoms with Gasteiger partial charge in [0.15, 0.2) is 5.79 Å². The Hall–Kier alpha value is -0.240. The lowest BCUT2D eigenvalue weighted by atomic mass is 10.0. The molecule has 1 aliphatic rings. The maximum absolute atomic E-state index is 6.39. The normalized spacial score (nSPS) is 24.6. The second-order valence-electron chi connectivity index (χ2n) is 7.81. The van der Waals surface area contributed by atoms with Crippen molar-refractivity contribution in [1.29, 1.82) is 0 Å². The summed E-state index contributed by atoms with van der Waals surface area (Å²) in [5, 5.41) is 1.97. The second kappa shape index (κ2) is 10.8. The largest absolute Gasteiger partial charge is 0.376 e. The Morgan fingerprint density at radius 3 is 1.84 bits per heavy atom. The van der Waals surface area contributed by atoms with Gasteiger partial charge in [-0.25, -0.2) is 5.43 Å². The van der Waals surface area contributed by atoms with E-state index in [0.29, 0.717) is 13.2 Å². The van der Waals surface area contributed by atoms with Gasteiger partial charge < -0.3 is 18.9 Å². The third kappa shape index (κ3) is 7.89. The summed E-state index contributed by atoms with van der Waals surface area (Å²) in [6.07, 6.45) is 3.32. The van der Waals surface area contributed by atoms with Gasteiger partial charge in [-0.3, -0.25) is 5.01 Å². The number of hydrogen-bond acceptors (Lipinski definition) is 6. The lowest BCUT2D eigenvalue weighted by molar-refractivity contribution is -0.198. The van der Waals surface area contributed by atoms with Gasteiger partial charge >= 0.3 is 0 Å². The third-order valence-electron chi connectivity index (χ3n) is 4.27. The van der Waals surface area contributed by atoms with E-state index in [1.807, 2.05) is 53.7 Å². The molecule has 3 atom stereocenters. The van der Waals surface area contributed by atoms with Gasteiger partial charge in [0.05, 0.1) is 31.5 Å².